The summed E-state index contributed by atoms with van der Waals surface area (Å²) in [6.07, 6.45) is -1.73. The average molecular weight is 377 g/mol. The highest BCUT2D eigenvalue weighted by atomic mass is 31.2. The summed E-state index contributed by atoms with van der Waals surface area (Å²) in [6, 6.07) is 18.2. The molecule has 2 aromatic carbocycles. The second-order valence-corrected chi connectivity index (χ2v) is 7.94. The van der Waals surface area contributed by atoms with Crippen molar-refractivity contribution in [2.24, 2.45) is 0 Å². The van der Waals surface area contributed by atoms with Crippen molar-refractivity contribution in [2.45, 2.75) is 18.1 Å². The molecule has 2 aromatic rings. The summed E-state index contributed by atoms with van der Waals surface area (Å²) in [7, 11) is -1.22. The molecule has 0 radical (unpaired) electrons. The fourth-order valence-electron chi connectivity index (χ4n) is 2.62. The maximum atomic E-state index is 12.9. The molecule has 1 heterocycles. The molecule has 1 fully saturated rings. The first-order valence-corrected chi connectivity index (χ1v) is 9.63. The van der Waals surface area contributed by atoms with Gasteiger partial charge in [-0.3, -0.25) is 9.88 Å². The van der Waals surface area contributed by atoms with Crippen molar-refractivity contribution in [3.63, 3.8) is 0 Å². The Hall–Kier alpha value is -2.18. The van der Waals surface area contributed by atoms with Crippen LogP contribution in [0.3, 0.4) is 0 Å². The van der Waals surface area contributed by atoms with Crippen LogP contribution >= 0.6 is 7.60 Å². The molecule has 1 aliphatic heterocycles. The van der Waals surface area contributed by atoms with Gasteiger partial charge in [-0.1, -0.05) is 48.5 Å². The van der Waals surface area contributed by atoms with Crippen molar-refractivity contribution < 1.29 is 27.9 Å². The monoisotopic (exact) mass is 377 g/mol. The van der Waals surface area contributed by atoms with Crippen molar-refractivity contribution in [1.82, 2.24) is 0 Å². The van der Waals surface area contributed by atoms with Gasteiger partial charge >= 0.3 is 13.7 Å². The molecule has 8 heteroatoms. The number of carbonyl (C=O) groups excluding carboxylic acids is 1. The van der Waals surface area contributed by atoms with E-state index in [0.29, 0.717) is 5.69 Å². The van der Waals surface area contributed by atoms with E-state index in [2.05, 4.69) is 5.32 Å². The van der Waals surface area contributed by atoms with E-state index in [1.165, 1.54) is 14.2 Å². The molecule has 0 bridgehead atoms. The third-order valence-electron chi connectivity index (χ3n) is 4.00. The van der Waals surface area contributed by atoms with Gasteiger partial charge in [0.05, 0.1) is 0 Å². The summed E-state index contributed by atoms with van der Waals surface area (Å²) >= 11 is 0. The molecule has 3 atom stereocenters. The third kappa shape index (κ3) is 4.14. The van der Waals surface area contributed by atoms with Crippen LogP contribution in [0.4, 0.5) is 10.5 Å². The molecule has 1 amide bonds. The fourth-order valence-corrected chi connectivity index (χ4v) is 4.00. The molecule has 0 spiro atoms. The van der Waals surface area contributed by atoms with Gasteiger partial charge in [0.15, 0.2) is 0 Å². The van der Waals surface area contributed by atoms with Gasteiger partial charge in [-0.05, 0) is 17.7 Å². The number of ether oxygens (including phenoxy) is 2. The summed E-state index contributed by atoms with van der Waals surface area (Å²) in [5.41, 5.74) is 1.45. The number of epoxide rings is 1. The van der Waals surface area contributed by atoms with Gasteiger partial charge in [-0.2, -0.15) is 0 Å². The molecule has 0 aromatic heterocycles. The third-order valence-corrected chi connectivity index (χ3v) is 6.04. The molecule has 0 saturated carbocycles. The van der Waals surface area contributed by atoms with E-state index in [4.69, 9.17) is 18.5 Å². The Labute approximate surface area is 151 Å². The standard InChI is InChI=1S/C18H20NO6P/c1-22-26(21,23-2)17(16-15(24-16)13-9-5-3-6-10-13)25-18(20)19-14-11-7-4-8-12-14/h3-12,15-17H,1-2H3,(H,19,20)/t15?,16?,17-/m0/s1. The number of benzene rings is 2. The van der Waals surface area contributed by atoms with Crippen LogP contribution in [-0.4, -0.2) is 32.3 Å². The van der Waals surface area contributed by atoms with Gasteiger partial charge in [0.2, 0.25) is 5.85 Å². The van der Waals surface area contributed by atoms with Crippen LogP contribution < -0.4 is 5.32 Å². The van der Waals surface area contributed by atoms with E-state index >= 15 is 0 Å². The van der Waals surface area contributed by atoms with Gasteiger partial charge in [0.25, 0.3) is 0 Å². The van der Waals surface area contributed by atoms with E-state index in [-0.39, 0.29) is 6.10 Å². The van der Waals surface area contributed by atoms with Gasteiger partial charge in [-0.25, -0.2) is 4.79 Å². The predicted octanol–water partition coefficient (Wildman–Crippen LogP) is 4.19. The molecule has 1 saturated heterocycles. The minimum atomic E-state index is -3.71. The van der Waals surface area contributed by atoms with E-state index in [0.717, 1.165) is 5.56 Å². The topological polar surface area (TPSA) is 86.4 Å². The highest BCUT2D eigenvalue weighted by molar-refractivity contribution is 7.54. The summed E-state index contributed by atoms with van der Waals surface area (Å²) in [5.74, 6) is -1.19. The summed E-state index contributed by atoms with van der Waals surface area (Å²) in [5, 5.41) is 2.58. The van der Waals surface area contributed by atoms with Crippen LogP contribution in [0, 0.1) is 0 Å². The lowest BCUT2D eigenvalue weighted by Crippen LogP contribution is -2.28. The molecule has 1 aliphatic rings. The fraction of sp³-hybridized carbons (Fsp3) is 0.278. The van der Waals surface area contributed by atoms with Gasteiger partial charge < -0.3 is 18.5 Å². The Kier molecular flexibility index (Phi) is 5.74. The molecule has 0 aliphatic carbocycles. The first-order valence-electron chi connectivity index (χ1n) is 8.01. The Morgan fingerprint density at radius 1 is 1.04 bits per heavy atom. The first-order chi connectivity index (χ1) is 12.6. The van der Waals surface area contributed by atoms with E-state index < -0.39 is 25.6 Å². The first kappa shape index (κ1) is 18.6. The molecule has 7 nitrogen and oxygen atoms in total. The molecule has 26 heavy (non-hydrogen) atoms. The second kappa shape index (κ2) is 8.01. The smallest absolute Gasteiger partial charge is 0.412 e. The minimum Gasteiger partial charge on any atom is -0.430 e. The van der Waals surface area contributed by atoms with Crippen molar-refractivity contribution in [2.75, 3.05) is 19.5 Å². The highest BCUT2D eigenvalue weighted by Gasteiger charge is 2.56. The van der Waals surface area contributed by atoms with Crippen LogP contribution in [0.25, 0.3) is 0 Å². The summed E-state index contributed by atoms with van der Waals surface area (Å²) < 4.78 is 34.0. The van der Waals surface area contributed by atoms with Crippen LogP contribution in [0.5, 0.6) is 0 Å². The highest BCUT2D eigenvalue weighted by Crippen LogP contribution is 2.60. The van der Waals surface area contributed by atoms with Crippen LogP contribution in [-0.2, 0) is 23.1 Å². The SMILES string of the molecule is COP(=O)(OC)[C@H](OC(=O)Nc1ccccc1)C1OC1c1ccccc1. The predicted molar refractivity (Wildman–Crippen MR) is 96.0 cm³/mol. The second-order valence-electron chi connectivity index (χ2n) is 5.62. The van der Waals surface area contributed by atoms with Gasteiger partial charge in [-0.15, -0.1) is 0 Å². The number of hydrogen-bond acceptors (Lipinski definition) is 6. The molecular weight excluding hydrogens is 357 g/mol. The molecule has 3 rings (SSSR count). The largest absolute Gasteiger partial charge is 0.430 e. The number of hydrogen-bond donors (Lipinski definition) is 1. The van der Waals surface area contributed by atoms with Crippen molar-refractivity contribution in [3.8, 4) is 0 Å². The van der Waals surface area contributed by atoms with Gasteiger partial charge in [0, 0.05) is 19.9 Å². The maximum absolute atomic E-state index is 12.9. The Morgan fingerprint density at radius 3 is 2.19 bits per heavy atom. The van der Waals surface area contributed by atoms with E-state index in [1.807, 2.05) is 36.4 Å². The lowest BCUT2D eigenvalue weighted by Gasteiger charge is -2.23. The molecular formula is C18H20NO6P. The maximum Gasteiger partial charge on any atom is 0.412 e. The number of carbonyl (C=O) groups is 1. The number of nitrogens with one attached hydrogen (secondary N) is 1. The average Bonchev–Trinajstić information content (AvgIpc) is 3.47. The minimum absolute atomic E-state index is 0.343. The number of amides is 1. The Balaban J connectivity index is 1.75. The van der Waals surface area contributed by atoms with Crippen molar-refractivity contribution in [1.29, 1.82) is 0 Å². The van der Waals surface area contributed by atoms with E-state index in [1.54, 1.807) is 24.3 Å². The molecule has 138 valence electrons. The Bertz CT molecular complexity index is 777. The number of para-hydroxylation sites is 1. The molecule has 1 N–H and O–H groups in total. The van der Waals surface area contributed by atoms with Crippen molar-refractivity contribution in [3.05, 3.63) is 66.2 Å². The van der Waals surface area contributed by atoms with E-state index in [9.17, 15) is 9.36 Å². The van der Waals surface area contributed by atoms with Crippen molar-refractivity contribution >= 4 is 19.4 Å². The number of rotatable bonds is 7. The molecule has 2 unspecified atom stereocenters. The lowest BCUT2D eigenvalue weighted by atomic mass is 10.1. The summed E-state index contributed by atoms with van der Waals surface area (Å²) in [4.78, 5) is 12.3. The van der Waals surface area contributed by atoms with Crippen LogP contribution in [0.15, 0.2) is 60.7 Å². The zero-order valence-electron chi connectivity index (χ0n) is 14.4. The zero-order chi connectivity index (χ0) is 18.6. The lowest BCUT2D eigenvalue weighted by molar-refractivity contribution is 0.106. The number of anilines is 1. The van der Waals surface area contributed by atoms with Gasteiger partial charge in [0.1, 0.15) is 12.2 Å². The summed E-state index contributed by atoms with van der Waals surface area (Å²) in [6.45, 7) is 0. The quantitative estimate of drug-likeness (QED) is 0.575. The van der Waals surface area contributed by atoms with Crippen LogP contribution in [0.2, 0.25) is 0 Å². The zero-order valence-corrected chi connectivity index (χ0v) is 15.3. The normalized spacial score (nSPS) is 20.2. The van der Waals surface area contributed by atoms with Crippen LogP contribution in [0.1, 0.15) is 11.7 Å². The Morgan fingerprint density at radius 2 is 1.62 bits per heavy atom.